The molecule has 0 aliphatic carbocycles. The van der Waals surface area contributed by atoms with Gasteiger partial charge in [0.2, 0.25) is 0 Å². The van der Waals surface area contributed by atoms with Gasteiger partial charge in [0.1, 0.15) is 0 Å². The minimum absolute atomic E-state index is 0.152. The fraction of sp³-hybridized carbons (Fsp3) is 0.500. The molecule has 0 aliphatic heterocycles. The molecule has 1 aromatic rings. The van der Waals surface area contributed by atoms with Crippen molar-refractivity contribution >= 4 is 17.1 Å². The molecular formula is C12H17N3O6. The zero-order valence-electron chi connectivity index (χ0n) is 12.0. The van der Waals surface area contributed by atoms with E-state index in [0.29, 0.717) is 0 Å². The number of hydrogen-bond acceptors (Lipinski definition) is 7. The monoisotopic (exact) mass is 299 g/mol. The predicted octanol–water partition coefficient (Wildman–Crippen LogP) is 1.75. The molecule has 21 heavy (non-hydrogen) atoms. The molecule has 0 radical (unpaired) electrons. The first-order valence-electron chi connectivity index (χ1n) is 6.16. The van der Waals surface area contributed by atoms with Crippen LogP contribution in [-0.2, 0) is 11.3 Å². The van der Waals surface area contributed by atoms with Gasteiger partial charge in [-0.1, -0.05) is 0 Å². The second-order valence-corrected chi connectivity index (χ2v) is 4.50. The van der Waals surface area contributed by atoms with Crippen LogP contribution in [-0.4, -0.2) is 34.7 Å². The molecule has 1 unspecified atom stereocenters. The van der Waals surface area contributed by atoms with Crippen LogP contribution in [0.4, 0.5) is 17.1 Å². The number of ether oxygens (including phenoxy) is 1. The maximum absolute atomic E-state index is 11.2. The number of aliphatic hydroxyl groups is 1. The van der Waals surface area contributed by atoms with Crippen molar-refractivity contribution in [3.8, 4) is 0 Å². The number of benzene rings is 1. The van der Waals surface area contributed by atoms with Crippen molar-refractivity contribution in [2.75, 3.05) is 19.0 Å². The molecule has 116 valence electrons. The molecule has 1 rings (SSSR count). The van der Waals surface area contributed by atoms with Crippen LogP contribution in [0.15, 0.2) is 6.07 Å². The highest BCUT2D eigenvalue weighted by atomic mass is 16.6. The molecule has 0 bridgehead atoms. The maximum atomic E-state index is 11.2. The van der Waals surface area contributed by atoms with Gasteiger partial charge < -0.3 is 15.2 Å². The zero-order valence-corrected chi connectivity index (χ0v) is 12.0. The van der Waals surface area contributed by atoms with Crippen LogP contribution in [0.1, 0.15) is 18.1 Å². The van der Waals surface area contributed by atoms with E-state index >= 15 is 0 Å². The predicted molar refractivity (Wildman–Crippen MR) is 75.4 cm³/mol. The molecular weight excluding hydrogens is 282 g/mol. The van der Waals surface area contributed by atoms with E-state index in [1.807, 2.05) is 0 Å². The second-order valence-electron chi connectivity index (χ2n) is 4.50. The van der Waals surface area contributed by atoms with Gasteiger partial charge in [0.15, 0.2) is 5.69 Å². The Bertz CT molecular complexity index is 560. The van der Waals surface area contributed by atoms with Crippen molar-refractivity contribution in [2.45, 2.75) is 26.6 Å². The van der Waals surface area contributed by atoms with E-state index in [-0.39, 0.29) is 29.5 Å². The van der Waals surface area contributed by atoms with E-state index in [1.54, 1.807) is 6.92 Å². The lowest BCUT2D eigenvalue weighted by Crippen LogP contribution is -2.19. The Labute approximate surface area is 120 Å². The molecule has 0 spiro atoms. The molecule has 0 saturated heterocycles. The van der Waals surface area contributed by atoms with Gasteiger partial charge in [0.25, 0.3) is 5.69 Å². The van der Waals surface area contributed by atoms with Crippen LogP contribution >= 0.6 is 0 Å². The molecule has 1 atom stereocenters. The summed E-state index contributed by atoms with van der Waals surface area (Å²) in [5, 5.41) is 34.2. The average Bonchev–Trinajstić information content (AvgIpc) is 2.43. The Kier molecular flexibility index (Phi) is 5.56. The van der Waals surface area contributed by atoms with Crippen LogP contribution in [0.25, 0.3) is 0 Å². The fourth-order valence-corrected chi connectivity index (χ4v) is 1.85. The number of nitrogens with one attached hydrogen (secondary N) is 1. The van der Waals surface area contributed by atoms with Crippen LogP contribution in [0.2, 0.25) is 0 Å². The van der Waals surface area contributed by atoms with Gasteiger partial charge in [0.05, 0.1) is 22.6 Å². The van der Waals surface area contributed by atoms with Gasteiger partial charge in [-0.2, -0.15) is 0 Å². The highest BCUT2D eigenvalue weighted by Gasteiger charge is 2.30. The Morgan fingerprint density at radius 2 is 2.00 bits per heavy atom. The Morgan fingerprint density at radius 3 is 2.43 bits per heavy atom. The Hall–Kier alpha value is -2.26. The molecule has 9 nitrogen and oxygen atoms in total. The first-order valence-corrected chi connectivity index (χ1v) is 6.16. The molecule has 2 N–H and O–H groups in total. The quantitative estimate of drug-likeness (QED) is 0.579. The first kappa shape index (κ1) is 16.8. The molecule has 0 saturated carbocycles. The third kappa shape index (κ3) is 3.64. The lowest BCUT2D eigenvalue weighted by atomic mass is 10.0. The van der Waals surface area contributed by atoms with E-state index in [9.17, 15) is 25.3 Å². The summed E-state index contributed by atoms with van der Waals surface area (Å²) in [6.45, 7) is 2.83. The highest BCUT2D eigenvalue weighted by Crippen LogP contribution is 2.39. The summed E-state index contributed by atoms with van der Waals surface area (Å²) >= 11 is 0. The van der Waals surface area contributed by atoms with Crippen LogP contribution in [0.5, 0.6) is 0 Å². The van der Waals surface area contributed by atoms with Gasteiger partial charge >= 0.3 is 5.69 Å². The zero-order chi connectivity index (χ0) is 16.2. The van der Waals surface area contributed by atoms with Gasteiger partial charge in [-0.15, -0.1) is 0 Å². The van der Waals surface area contributed by atoms with E-state index in [4.69, 9.17) is 4.74 Å². The summed E-state index contributed by atoms with van der Waals surface area (Å²) in [6, 6.07) is 1.14. The Balaban J connectivity index is 3.45. The molecule has 1 aromatic carbocycles. The minimum Gasteiger partial charge on any atom is -0.392 e. The summed E-state index contributed by atoms with van der Waals surface area (Å²) < 4.78 is 5.01. The molecule has 0 aliphatic rings. The van der Waals surface area contributed by atoms with Gasteiger partial charge in [-0.3, -0.25) is 20.2 Å². The maximum Gasteiger partial charge on any atom is 0.302 e. The molecule has 0 heterocycles. The van der Waals surface area contributed by atoms with Crippen molar-refractivity contribution < 1.29 is 19.7 Å². The first-order chi connectivity index (χ1) is 9.83. The van der Waals surface area contributed by atoms with Crippen molar-refractivity contribution in [1.29, 1.82) is 0 Å². The number of nitro benzene ring substituents is 2. The van der Waals surface area contributed by atoms with Crippen LogP contribution < -0.4 is 5.32 Å². The van der Waals surface area contributed by atoms with E-state index < -0.39 is 27.8 Å². The van der Waals surface area contributed by atoms with Gasteiger partial charge in [-0.05, 0) is 19.4 Å². The third-order valence-corrected chi connectivity index (χ3v) is 3.16. The molecule has 0 aromatic heterocycles. The minimum atomic E-state index is -0.717. The van der Waals surface area contributed by atoms with Crippen molar-refractivity contribution in [3.05, 3.63) is 37.4 Å². The number of aliphatic hydroxyl groups excluding tert-OH is 1. The summed E-state index contributed by atoms with van der Waals surface area (Å²) in [5.74, 6) is 0. The topological polar surface area (TPSA) is 128 Å². The second kappa shape index (κ2) is 6.95. The lowest BCUT2D eigenvalue weighted by Gasteiger charge is -2.14. The standard InChI is InChI=1S/C12H17N3O6/c1-7(21-3)5-13-11-10(14(17)18)4-9(6-16)8(2)12(11)15(19)20/h4,7,13,16H,5-6H2,1-3H3. The van der Waals surface area contributed by atoms with Gasteiger partial charge in [0, 0.05) is 25.3 Å². The molecule has 0 fully saturated rings. The summed E-state index contributed by atoms with van der Waals surface area (Å²) in [6.07, 6.45) is -0.276. The van der Waals surface area contributed by atoms with Crippen molar-refractivity contribution in [3.63, 3.8) is 0 Å². The van der Waals surface area contributed by atoms with Crippen molar-refractivity contribution in [1.82, 2.24) is 0 Å². The summed E-state index contributed by atoms with van der Waals surface area (Å²) in [4.78, 5) is 20.9. The molecule has 0 amide bonds. The van der Waals surface area contributed by atoms with E-state index in [1.165, 1.54) is 14.0 Å². The summed E-state index contributed by atoms with van der Waals surface area (Å²) in [7, 11) is 1.47. The average molecular weight is 299 g/mol. The van der Waals surface area contributed by atoms with Crippen LogP contribution in [0, 0.1) is 27.2 Å². The third-order valence-electron chi connectivity index (χ3n) is 3.16. The summed E-state index contributed by atoms with van der Waals surface area (Å²) in [5.41, 5.74) is -0.681. The molecule has 9 heteroatoms. The van der Waals surface area contributed by atoms with Gasteiger partial charge in [-0.25, -0.2) is 0 Å². The number of methoxy groups -OCH3 is 1. The Morgan fingerprint density at radius 1 is 1.38 bits per heavy atom. The van der Waals surface area contributed by atoms with Crippen molar-refractivity contribution in [2.24, 2.45) is 0 Å². The largest absolute Gasteiger partial charge is 0.392 e. The van der Waals surface area contributed by atoms with Crippen LogP contribution in [0.3, 0.4) is 0 Å². The number of nitro groups is 2. The van der Waals surface area contributed by atoms with E-state index in [2.05, 4.69) is 5.32 Å². The normalized spacial score (nSPS) is 12.0. The smallest absolute Gasteiger partial charge is 0.302 e. The number of hydrogen-bond donors (Lipinski definition) is 2. The SMILES string of the molecule is COC(C)CNc1c([N+](=O)[O-])cc(CO)c(C)c1[N+](=O)[O-]. The number of nitrogens with zero attached hydrogens (tertiary/aromatic N) is 2. The number of anilines is 1. The van der Waals surface area contributed by atoms with E-state index in [0.717, 1.165) is 6.07 Å². The lowest BCUT2D eigenvalue weighted by molar-refractivity contribution is -0.392. The fourth-order valence-electron chi connectivity index (χ4n) is 1.85. The number of rotatable bonds is 7. The highest BCUT2D eigenvalue weighted by molar-refractivity contribution is 5.77.